The molecule has 6 rings (SSSR count). The van der Waals surface area contributed by atoms with Crippen LogP contribution in [0.1, 0.15) is 0 Å². The molecule has 2 N–H and O–H groups in total. The maximum atomic E-state index is 9.68. The van der Waals surface area contributed by atoms with Crippen molar-refractivity contribution in [1.82, 2.24) is 9.97 Å². The summed E-state index contributed by atoms with van der Waals surface area (Å²) in [6, 6.07) is 30.7. The molecular formula is C26H16N2O4Zn. The third-order valence-corrected chi connectivity index (χ3v) is 4.70. The van der Waals surface area contributed by atoms with E-state index in [4.69, 9.17) is 8.83 Å². The van der Waals surface area contributed by atoms with Gasteiger partial charge in [-0.1, -0.05) is 24.3 Å². The van der Waals surface area contributed by atoms with Crippen molar-refractivity contribution in [2.45, 2.75) is 0 Å². The third-order valence-electron chi connectivity index (χ3n) is 4.70. The van der Waals surface area contributed by atoms with Gasteiger partial charge in [-0.25, -0.2) is 9.97 Å². The Balaban J connectivity index is 0.000000152. The van der Waals surface area contributed by atoms with Crippen LogP contribution in [-0.2, 0) is 19.5 Å². The summed E-state index contributed by atoms with van der Waals surface area (Å²) in [4.78, 5) is 8.52. The van der Waals surface area contributed by atoms with E-state index < -0.39 is 0 Å². The number of aromatic hydroxyl groups is 2. The molecular weight excluding hydrogens is 470 g/mol. The summed E-state index contributed by atoms with van der Waals surface area (Å²) in [5.41, 5.74) is 3.85. The first-order valence-electron chi connectivity index (χ1n) is 9.80. The fraction of sp³-hybridized carbons (Fsp3) is 0. The van der Waals surface area contributed by atoms with Crippen LogP contribution in [0.2, 0.25) is 0 Å². The summed E-state index contributed by atoms with van der Waals surface area (Å²) >= 11 is 0. The molecule has 2 aromatic heterocycles. The van der Waals surface area contributed by atoms with Crippen molar-refractivity contribution in [1.29, 1.82) is 0 Å². The van der Waals surface area contributed by atoms with E-state index in [1.165, 1.54) is 0 Å². The van der Waals surface area contributed by atoms with Gasteiger partial charge in [-0.3, -0.25) is 0 Å². The maximum Gasteiger partial charge on any atom is 2.00 e. The number of oxazole rings is 2. The van der Waals surface area contributed by atoms with Gasteiger partial charge < -0.3 is 19.0 Å². The molecule has 0 saturated heterocycles. The third kappa shape index (κ3) is 4.64. The first kappa shape index (κ1) is 22.2. The predicted molar refractivity (Wildman–Crippen MR) is 120 cm³/mol. The van der Waals surface area contributed by atoms with Crippen LogP contribution in [-0.4, -0.2) is 20.2 Å². The molecule has 0 saturated carbocycles. The average Bonchev–Trinajstić information content (AvgIpc) is 3.44. The molecule has 0 aliphatic heterocycles. The Morgan fingerprint density at radius 3 is 1.39 bits per heavy atom. The normalized spacial score (nSPS) is 10.4. The number of benzene rings is 4. The van der Waals surface area contributed by atoms with Crippen LogP contribution in [0, 0.1) is 12.1 Å². The fourth-order valence-corrected chi connectivity index (χ4v) is 3.16. The van der Waals surface area contributed by atoms with Gasteiger partial charge in [-0.05, 0) is 35.3 Å². The van der Waals surface area contributed by atoms with Gasteiger partial charge in [-0.2, -0.15) is 36.4 Å². The van der Waals surface area contributed by atoms with Crippen molar-refractivity contribution >= 4 is 22.2 Å². The van der Waals surface area contributed by atoms with Crippen LogP contribution >= 0.6 is 0 Å². The topological polar surface area (TPSA) is 92.5 Å². The number of phenols is 2. The number of phenolic OH excluding ortho intramolecular Hbond substituents is 2. The number of fused-ring (bicyclic) bond motifs is 2. The molecule has 0 aliphatic carbocycles. The zero-order valence-corrected chi connectivity index (χ0v) is 20.4. The van der Waals surface area contributed by atoms with Gasteiger partial charge >= 0.3 is 19.5 Å². The fourth-order valence-electron chi connectivity index (χ4n) is 3.16. The van der Waals surface area contributed by atoms with Crippen molar-refractivity contribution < 1.29 is 38.5 Å². The smallest absolute Gasteiger partial charge is 0.507 e. The van der Waals surface area contributed by atoms with Crippen LogP contribution in [0.5, 0.6) is 11.5 Å². The summed E-state index contributed by atoms with van der Waals surface area (Å²) in [5, 5.41) is 19.4. The monoisotopic (exact) mass is 484 g/mol. The summed E-state index contributed by atoms with van der Waals surface area (Å²) in [7, 11) is 0. The summed E-state index contributed by atoms with van der Waals surface area (Å²) in [6.07, 6.45) is 0. The van der Waals surface area contributed by atoms with Crippen molar-refractivity contribution in [3.05, 3.63) is 97.1 Å². The van der Waals surface area contributed by atoms with Gasteiger partial charge in [0.25, 0.3) is 0 Å². The zero-order chi connectivity index (χ0) is 21.9. The largest absolute Gasteiger partial charge is 2.00 e. The second kappa shape index (κ2) is 9.67. The standard InChI is InChI=1S/2C13H8NO2.Zn/c2*15-11-7-3-1-5-9(11)13-14-10-6-2-4-8-12(10)16-13;/h2*1-5,7-8,15H;/q2*-1;+2. The van der Waals surface area contributed by atoms with Crippen molar-refractivity contribution in [2.75, 3.05) is 0 Å². The van der Waals surface area contributed by atoms with Crippen LogP contribution in [0.25, 0.3) is 45.1 Å². The molecule has 0 atom stereocenters. The van der Waals surface area contributed by atoms with E-state index in [9.17, 15) is 10.2 Å². The van der Waals surface area contributed by atoms with Gasteiger partial charge in [0.05, 0.1) is 11.1 Å². The van der Waals surface area contributed by atoms with Gasteiger partial charge in [0.1, 0.15) is 11.5 Å². The Morgan fingerprint density at radius 1 is 0.576 bits per heavy atom. The Labute approximate surface area is 201 Å². The summed E-state index contributed by atoms with van der Waals surface area (Å²) in [5.74, 6) is 1.15. The molecule has 0 amide bonds. The second-order valence-corrected chi connectivity index (χ2v) is 6.84. The van der Waals surface area contributed by atoms with Gasteiger partial charge in [0.15, 0.2) is 0 Å². The minimum atomic E-state index is 0. The Hall–Kier alpha value is -3.96. The molecule has 33 heavy (non-hydrogen) atoms. The molecule has 6 nitrogen and oxygen atoms in total. The number of nitrogens with zero attached hydrogens (tertiary/aromatic N) is 2. The quantitative estimate of drug-likeness (QED) is 0.231. The van der Waals surface area contributed by atoms with Crippen LogP contribution < -0.4 is 0 Å². The Kier molecular flexibility index (Phi) is 6.52. The van der Waals surface area contributed by atoms with Crippen LogP contribution in [0.15, 0.2) is 93.8 Å². The van der Waals surface area contributed by atoms with Gasteiger partial charge in [0.2, 0.25) is 11.8 Å². The molecule has 0 aliphatic rings. The molecule has 0 fully saturated rings. The summed E-state index contributed by atoms with van der Waals surface area (Å²) < 4.78 is 11.1. The van der Waals surface area contributed by atoms with Crippen molar-refractivity contribution in [3.63, 3.8) is 0 Å². The first-order chi connectivity index (χ1) is 15.7. The number of hydrogen-bond donors (Lipinski definition) is 2. The van der Waals surface area contributed by atoms with Crippen molar-refractivity contribution in [2.24, 2.45) is 0 Å². The predicted octanol–water partition coefficient (Wildman–Crippen LogP) is 6.00. The van der Waals surface area contributed by atoms with Crippen molar-refractivity contribution in [3.8, 4) is 34.4 Å². The van der Waals surface area contributed by atoms with E-state index in [-0.39, 0.29) is 31.0 Å². The number of rotatable bonds is 2. The molecule has 4 aromatic carbocycles. The van der Waals surface area contributed by atoms with E-state index in [2.05, 4.69) is 22.1 Å². The second-order valence-electron chi connectivity index (χ2n) is 6.84. The minimum absolute atomic E-state index is 0. The Bertz CT molecular complexity index is 1340. The molecule has 0 spiro atoms. The summed E-state index contributed by atoms with van der Waals surface area (Å²) in [6.45, 7) is 0. The van der Waals surface area contributed by atoms with Gasteiger partial charge in [-0.15, -0.1) is 12.1 Å². The van der Waals surface area contributed by atoms with E-state index in [1.54, 1.807) is 48.5 Å². The average molecular weight is 486 g/mol. The molecule has 0 unspecified atom stereocenters. The van der Waals surface area contributed by atoms with Gasteiger partial charge in [0, 0.05) is 11.2 Å². The van der Waals surface area contributed by atoms with E-state index >= 15 is 0 Å². The molecule has 156 valence electrons. The van der Waals surface area contributed by atoms with Crippen LogP contribution in [0.4, 0.5) is 0 Å². The minimum Gasteiger partial charge on any atom is -0.507 e. The SMILES string of the molecule is Oc1ccccc1-c1nc2[c-]cccc2o1.Oc1ccccc1-c1nc2[c-]cccc2o1.[Zn+2]. The molecule has 7 heteroatoms. The molecule has 0 radical (unpaired) electrons. The Morgan fingerprint density at radius 2 is 1.00 bits per heavy atom. The zero-order valence-electron chi connectivity index (χ0n) is 17.4. The maximum absolute atomic E-state index is 9.68. The number of hydrogen-bond acceptors (Lipinski definition) is 6. The first-order valence-corrected chi connectivity index (χ1v) is 9.80. The molecule has 2 heterocycles. The van der Waals surface area contributed by atoms with E-state index in [1.807, 2.05) is 36.4 Å². The molecule has 0 bridgehead atoms. The number of aromatic nitrogens is 2. The number of para-hydroxylation sites is 4. The van der Waals surface area contributed by atoms with E-state index in [0.717, 1.165) is 0 Å². The molecule has 6 aromatic rings. The van der Waals surface area contributed by atoms with E-state index in [0.29, 0.717) is 45.1 Å². The van der Waals surface area contributed by atoms with Crippen LogP contribution in [0.3, 0.4) is 0 Å².